The van der Waals surface area contributed by atoms with E-state index < -0.39 is 11.7 Å². The molecule has 0 atom stereocenters. The van der Waals surface area contributed by atoms with Gasteiger partial charge in [0.05, 0.1) is 11.3 Å². The molecule has 1 saturated carbocycles. The molecule has 1 aliphatic rings. The third-order valence-corrected chi connectivity index (χ3v) is 3.55. The van der Waals surface area contributed by atoms with Gasteiger partial charge in [0.15, 0.2) is 0 Å². The second-order valence-corrected chi connectivity index (χ2v) is 5.89. The molecule has 1 aromatic heterocycles. The van der Waals surface area contributed by atoms with E-state index in [2.05, 4.69) is 20.6 Å². The molecule has 4 nitrogen and oxygen atoms in total. The van der Waals surface area contributed by atoms with E-state index in [0.717, 1.165) is 18.9 Å². The van der Waals surface area contributed by atoms with Gasteiger partial charge in [-0.15, -0.1) is 0 Å². The zero-order chi connectivity index (χ0) is 16.6. The molecule has 1 fully saturated rings. The Morgan fingerprint density at radius 3 is 2.57 bits per heavy atom. The molecular formula is C15H14ClF3N4. The van der Waals surface area contributed by atoms with Crippen LogP contribution in [0, 0.1) is 6.92 Å². The summed E-state index contributed by atoms with van der Waals surface area (Å²) in [6.45, 7) is 1.76. The first-order chi connectivity index (χ1) is 10.8. The predicted octanol–water partition coefficient (Wildman–Crippen LogP) is 4.78. The summed E-state index contributed by atoms with van der Waals surface area (Å²) in [6, 6.07) is 5.68. The number of nitrogens with zero attached hydrogens (tertiary/aromatic N) is 2. The number of nitrogens with one attached hydrogen (secondary N) is 2. The van der Waals surface area contributed by atoms with E-state index in [1.54, 1.807) is 13.0 Å². The Kier molecular flexibility index (Phi) is 4.06. The summed E-state index contributed by atoms with van der Waals surface area (Å²) in [5.74, 6) is 0.714. The molecule has 0 spiro atoms. The van der Waals surface area contributed by atoms with Crippen LogP contribution in [0.5, 0.6) is 0 Å². The minimum Gasteiger partial charge on any atom is -0.367 e. The van der Waals surface area contributed by atoms with E-state index in [9.17, 15) is 13.2 Å². The molecule has 2 N–H and O–H groups in total. The standard InChI is InChI=1S/C15H14ClF3N4/c1-8-6-13(21-10-3-4-10)23-14(20-8)22-12-5-2-9(16)7-11(12)15(17,18)19/h2,5-7,10H,3-4H2,1H3,(H2,20,21,22,23). The molecule has 0 bridgehead atoms. The zero-order valence-corrected chi connectivity index (χ0v) is 13.0. The lowest BCUT2D eigenvalue weighted by atomic mass is 10.1. The number of hydrogen-bond acceptors (Lipinski definition) is 4. The molecule has 0 aliphatic heterocycles. The first-order valence-corrected chi connectivity index (χ1v) is 7.45. The van der Waals surface area contributed by atoms with Gasteiger partial charge < -0.3 is 10.6 Å². The molecule has 0 radical (unpaired) electrons. The summed E-state index contributed by atoms with van der Waals surface area (Å²) in [6.07, 6.45) is -2.38. The molecule has 3 rings (SSSR count). The Morgan fingerprint density at radius 2 is 1.91 bits per heavy atom. The number of aryl methyl sites for hydroxylation is 1. The molecule has 1 aliphatic carbocycles. The van der Waals surface area contributed by atoms with Gasteiger partial charge in [0.25, 0.3) is 0 Å². The van der Waals surface area contributed by atoms with Crippen LogP contribution in [0.2, 0.25) is 5.02 Å². The number of aromatic nitrogens is 2. The van der Waals surface area contributed by atoms with E-state index in [-0.39, 0.29) is 16.7 Å². The van der Waals surface area contributed by atoms with E-state index in [1.807, 2.05) is 0 Å². The first-order valence-electron chi connectivity index (χ1n) is 7.07. The van der Waals surface area contributed by atoms with Crippen LogP contribution in [-0.2, 0) is 6.18 Å². The number of halogens is 4. The first kappa shape index (κ1) is 15.9. The van der Waals surface area contributed by atoms with Crippen molar-refractivity contribution in [3.63, 3.8) is 0 Å². The van der Waals surface area contributed by atoms with Crippen LogP contribution in [0.3, 0.4) is 0 Å². The summed E-state index contributed by atoms with van der Waals surface area (Å²) in [4.78, 5) is 8.36. The summed E-state index contributed by atoms with van der Waals surface area (Å²) in [5, 5.41) is 5.86. The smallest absolute Gasteiger partial charge is 0.367 e. The minimum absolute atomic E-state index is 0.0177. The van der Waals surface area contributed by atoms with Gasteiger partial charge in [-0.2, -0.15) is 18.2 Å². The van der Waals surface area contributed by atoms with Gasteiger partial charge in [0, 0.05) is 22.8 Å². The number of alkyl halides is 3. The van der Waals surface area contributed by atoms with Crippen LogP contribution in [0.4, 0.5) is 30.6 Å². The van der Waals surface area contributed by atoms with Crippen molar-refractivity contribution in [2.75, 3.05) is 10.6 Å². The van der Waals surface area contributed by atoms with Crippen molar-refractivity contribution in [2.24, 2.45) is 0 Å². The highest BCUT2D eigenvalue weighted by Gasteiger charge is 2.34. The van der Waals surface area contributed by atoms with Gasteiger partial charge in [0.1, 0.15) is 5.82 Å². The van der Waals surface area contributed by atoms with Gasteiger partial charge >= 0.3 is 6.18 Å². The minimum atomic E-state index is -4.52. The average molecular weight is 343 g/mol. The fourth-order valence-corrected chi connectivity index (χ4v) is 2.29. The molecule has 23 heavy (non-hydrogen) atoms. The quantitative estimate of drug-likeness (QED) is 0.840. The van der Waals surface area contributed by atoms with Crippen molar-refractivity contribution in [2.45, 2.75) is 32.0 Å². The Bertz CT molecular complexity index is 729. The number of benzene rings is 1. The number of hydrogen-bond donors (Lipinski definition) is 2. The maximum Gasteiger partial charge on any atom is 0.418 e. The topological polar surface area (TPSA) is 49.8 Å². The van der Waals surface area contributed by atoms with E-state index in [1.165, 1.54) is 12.1 Å². The van der Waals surface area contributed by atoms with E-state index in [0.29, 0.717) is 17.6 Å². The fourth-order valence-electron chi connectivity index (χ4n) is 2.12. The van der Waals surface area contributed by atoms with E-state index >= 15 is 0 Å². The van der Waals surface area contributed by atoms with E-state index in [4.69, 9.17) is 11.6 Å². The largest absolute Gasteiger partial charge is 0.418 e. The van der Waals surface area contributed by atoms with Crippen molar-refractivity contribution in [3.8, 4) is 0 Å². The SMILES string of the molecule is Cc1cc(NC2CC2)nc(Nc2ccc(Cl)cc2C(F)(F)F)n1. The molecule has 0 amide bonds. The maximum atomic E-state index is 13.1. The summed E-state index contributed by atoms with van der Waals surface area (Å²) < 4.78 is 39.4. The van der Waals surface area contributed by atoms with Crippen molar-refractivity contribution >= 4 is 29.1 Å². The van der Waals surface area contributed by atoms with Gasteiger partial charge in [0.2, 0.25) is 5.95 Å². The lowest BCUT2D eigenvalue weighted by Crippen LogP contribution is -2.11. The second-order valence-electron chi connectivity index (χ2n) is 5.45. The average Bonchev–Trinajstić information content (AvgIpc) is 3.23. The summed E-state index contributed by atoms with van der Waals surface area (Å²) in [7, 11) is 0. The van der Waals surface area contributed by atoms with Gasteiger partial charge in [-0.25, -0.2) is 4.98 Å². The van der Waals surface area contributed by atoms with Crippen LogP contribution in [0.1, 0.15) is 24.1 Å². The summed E-state index contributed by atoms with van der Waals surface area (Å²) >= 11 is 5.67. The van der Waals surface area contributed by atoms with Crippen LogP contribution in [0.15, 0.2) is 24.3 Å². The van der Waals surface area contributed by atoms with Crippen LogP contribution >= 0.6 is 11.6 Å². The Labute approximate surface area is 136 Å². The lowest BCUT2D eigenvalue weighted by molar-refractivity contribution is -0.136. The highest BCUT2D eigenvalue weighted by Crippen LogP contribution is 2.37. The molecule has 8 heteroatoms. The van der Waals surface area contributed by atoms with Crippen molar-refractivity contribution in [1.29, 1.82) is 0 Å². The highest BCUT2D eigenvalue weighted by atomic mass is 35.5. The zero-order valence-electron chi connectivity index (χ0n) is 12.2. The number of rotatable bonds is 4. The molecule has 1 aromatic carbocycles. The van der Waals surface area contributed by atoms with Crippen LogP contribution in [-0.4, -0.2) is 16.0 Å². The molecule has 0 saturated heterocycles. The second kappa shape index (κ2) is 5.88. The number of anilines is 3. The van der Waals surface area contributed by atoms with Gasteiger partial charge in [-0.05, 0) is 38.0 Å². The van der Waals surface area contributed by atoms with Gasteiger partial charge in [-0.3, -0.25) is 0 Å². The Hall–Kier alpha value is -2.02. The highest BCUT2D eigenvalue weighted by molar-refractivity contribution is 6.30. The molecule has 1 heterocycles. The molecule has 122 valence electrons. The van der Waals surface area contributed by atoms with Crippen molar-refractivity contribution in [1.82, 2.24) is 9.97 Å². The molecular weight excluding hydrogens is 329 g/mol. The molecule has 0 unspecified atom stereocenters. The Balaban J connectivity index is 1.91. The summed E-state index contributed by atoms with van der Waals surface area (Å²) in [5.41, 5.74) is -0.329. The van der Waals surface area contributed by atoms with Crippen molar-refractivity contribution < 1.29 is 13.2 Å². The fraction of sp³-hybridized carbons (Fsp3) is 0.333. The normalized spacial score (nSPS) is 14.7. The third-order valence-electron chi connectivity index (χ3n) is 3.32. The Morgan fingerprint density at radius 1 is 1.17 bits per heavy atom. The lowest BCUT2D eigenvalue weighted by Gasteiger charge is -2.15. The monoisotopic (exact) mass is 342 g/mol. The molecule has 2 aromatic rings. The predicted molar refractivity (Wildman–Crippen MR) is 83.2 cm³/mol. The van der Waals surface area contributed by atoms with Crippen LogP contribution in [0.25, 0.3) is 0 Å². The third kappa shape index (κ3) is 4.04. The van der Waals surface area contributed by atoms with Crippen molar-refractivity contribution in [3.05, 3.63) is 40.5 Å². The van der Waals surface area contributed by atoms with Gasteiger partial charge in [-0.1, -0.05) is 11.6 Å². The maximum absolute atomic E-state index is 13.1. The van der Waals surface area contributed by atoms with Crippen LogP contribution < -0.4 is 10.6 Å².